The summed E-state index contributed by atoms with van der Waals surface area (Å²) in [6.07, 6.45) is 2.26. The van der Waals surface area contributed by atoms with Crippen LogP contribution in [0.15, 0.2) is 52.3 Å². The van der Waals surface area contributed by atoms with Gasteiger partial charge in [-0.3, -0.25) is 14.5 Å². The quantitative estimate of drug-likeness (QED) is 0.180. The van der Waals surface area contributed by atoms with Crippen molar-refractivity contribution in [3.05, 3.63) is 53.5 Å². The van der Waals surface area contributed by atoms with Crippen molar-refractivity contribution in [2.24, 2.45) is 0 Å². The molecule has 180 valence electrons. The molecule has 1 fully saturated rings. The Bertz CT molecular complexity index is 1050. The molecule has 1 aromatic carbocycles. The van der Waals surface area contributed by atoms with E-state index in [4.69, 9.17) is 4.74 Å². The summed E-state index contributed by atoms with van der Waals surface area (Å²) in [7, 11) is 0. The Morgan fingerprint density at radius 1 is 1.29 bits per heavy atom. The van der Waals surface area contributed by atoms with Gasteiger partial charge in [0.1, 0.15) is 23.4 Å². The number of rotatable bonds is 12. The minimum atomic E-state index is -1.14. The predicted molar refractivity (Wildman–Crippen MR) is 134 cm³/mol. The molecule has 1 saturated heterocycles. The lowest BCUT2D eigenvalue weighted by Gasteiger charge is -2.49. The molecule has 2 aliphatic rings. The number of carboxylic acid groups (broad SMARTS) is 1. The summed E-state index contributed by atoms with van der Waals surface area (Å²) >= 11 is 5.43. The third-order valence-corrected chi connectivity index (χ3v) is 9.08. The number of aromatic nitrogens is 2. The number of hydrogen-bond donors (Lipinski definition) is 2. The topological polar surface area (TPSA) is 122 Å². The molecule has 0 saturated carbocycles. The number of amides is 2. The van der Waals surface area contributed by atoms with Crippen LogP contribution in [-0.2, 0) is 25.5 Å². The van der Waals surface area contributed by atoms with E-state index in [0.717, 1.165) is 10.8 Å². The van der Waals surface area contributed by atoms with Crippen LogP contribution in [0.4, 0.5) is 0 Å². The fraction of sp³-hybridized carbons (Fsp3) is 0.381. The zero-order valence-electron chi connectivity index (χ0n) is 17.9. The van der Waals surface area contributed by atoms with E-state index in [1.54, 1.807) is 0 Å². The van der Waals surface area contributed by atoms with E-state index in [2.05, 4.69) is 14.7 Å². The molecule has 2 N–H and O–H groups in total. The van der Waals surface area contributed by atoms with Crippen LogP contribution >= 0.6 is 46.8 Å². The van der Waals surface area contributed by atoms with Crippen LogP contribution in [0.25, 0.3) is 0 Å². The van der Waals surface area contributed by atoms with Gasteiger partial charge in [0.15, 0.2) is 4.34 Å². The third kappa shape index (κ3) is 6.13. The highest BCUT2D eigenvalue weighted by atomic mass is 32.2. The van der Waals surface area contributed by atoms with Crippen molar-refractivity contribution in [1.82, 2.24) is 19.6 Å². The number of nitrogens with zero attached hydrogens (tertiary/aromatic N) is 3. The summed E-state index contributed by atoms with van der Waals surface area (Å²) < 4.78 is 10.2. The monoisotopic (exact) mass is 538 g/mol. The summed E-state index contributed by atoms with van der Waals surface area (Å²) in [6, 6.07) is 9.29. The molecule has 2 amide bonds. The zero-order valence-corrected chi connectivity index (χ0v) is 21.2. The number of benzene rings is 1. The molecular weight excluding hydrogens is 517 g/mol. The Kier molecular flexibility index (Phi) is 8.89. The smallest absolute Gasteiger partial charge is 0.352 e. The normalized spacial score (nSPS) is 19.5. The summed E-state index contributed by atoms with van der Waals surface area (Å²) in [5.74, 6) is -0.377. The molecule has 0 aliphatic carbocycles. The van der Waals surface area contributed by atoms with Crippen LogP contribution < -0.4 is 5.32 Å². The van der Waals surface area contributed by atoms with Gasteiger partial charge in [-0.05, 0) is 29.1 Å². The fourth-order valence-electron chi connectivity index (χ4n) is 3.47. The standard InChI is InChI=1S/C21H22N4O5S4/c26-15(10-31-12-30-7-6-13-4-2-1-3-5-13)24-16-18(27)25-17(20(28)29)14(8-32-19(16)25)9-33-21-22-11-23-34-21/h1-5,11,16,19H,6-10,12H2,(H,24,26)(H,28,29)/t16-,19?/m0/s1. The molecule has 1 unspecified atom stereocenters. The van der Waals surface area contributed by atoms with Gasteiger partial charge in [0.2, 0.25) is 5.91 Å². The highest BCUT2D eigenvalue weighted by Crippen LogP contribution is 2.41. The lowest BCUT2D eigenvalue weighted by Crippen LogP contribution is -2.70. The number of fused-ring (bicyclic) bond motifs is 1. The second-order valence-corrected chi connectivity index (χ2v) is 11.4. The summed E-state index contributed by atoms with van der Waals surface area (Å²) in [5.41, 5.74) is 1.87. The Hall–Kier alpha value is -2.06. The molecule has 1 aromatic heterocycles. The third-order valence-electron chi connectivity index (χ3n) is 5.05. The van der Waals surface area contributed by atoms with Crippen molar-refractivity contribution in [1.29, 1.82) is 0 Å². The number of carbonyl (C=O) groups excluding carboxylic acids is 2. The predicted octanol–water partition coefficient (Wildman–Crippen LogP) is 2.32. The number of carbonyl (C=O) groups is 3. The summed E-state index contributed by atoms with van der Waals surface area (Å²) in [6.45, 7) is 0.567. The van der Waals surface area contributed by atoms with Crippen molar-refractivity contribution >= 4 is 64.6 Å². The lowest BCUT2D eigenvalue weighted by atomic mass is 10.0. The second-order valence-electron chi connectivity index (χ2n) is 7.32. The zero-order chi connectivity index (χ0) is 23.9. The van der Waals surface area contributed by atoms with Crippen LogP contribution in [0.3, 0.4) is 0 Å². The molecule has 9 nitrogen and oxygen atoms in total. The van der Waals surface area contributed by atoms with Gasteiger partial charge >= 0.3 is 5.97 Å². The van der Waals surface area contributed by atoms with E-state index in [0.29, 0.717) is 29.6 Å². The molecule has 3 heterocycles. The van der Waals surface area contributed by atoms with Gasteiger partial charge in [-0.15, -0.1) is 23.5 Å². The number of β-lactam (4-membered cyclic amide) rings is 1. The first-order valence-electron chi connectivity index (χ1n) is 10.3. The number of thioether (sulfide) groups is 3. The molecule has 2 atom stereocenters. The van der Waals surface area contributed by atoms with Crippen LogP contribution in [0, 0.1) is 0 Å². The highest BCUT2D eigenvalue weighted by molar-refractivity contribution is 8.01. The fourth-order valence-corrected chi connectivity index (χ4v) is 6.99. The average Bonchev–Trinajstić information content (AvgIpc) is 3.37. The number of nitrogens with one attached hydrogen (secondary N) is 1. The maximum absolute atomic E-state index is 12.7. The Labute approximate surface area is 213 Å². The molecule has 2 aliphatic heterocycles. The van der Waals surface area contributed by atoms with E-state index in [1.807, 2.05) is 30.3 Å². The summed E-state index contributed by atoms with van der Waals surface area (Å²) in [5, 5.41) is 12.1. The average molecular weight is 539 g/mol. The van der Waals surface area contributed by atoms with Gasteiger partial charge < -0.3 is 15.2 Å². The maximum Gasteiger partial charge on any atom is 0.352 e. The van der Waals surface area contributed by atoms with Crippen LogP contribution in [0.5, 0.6) is 0 Å². The van der Waals surface area contributed by atoms with Gasteiger partial charge in [-0.25, -0.2) is 9.78 Å². The molecule has 13 heteroatoms. The minimum Gasteiger partial charge on any atom is -0.477 e. The van der Waals surface area contributed by atoms with Gasteiger partial charge in [-0.2, -0.15) is 4.37 Å². The van der Waals surface area contributed by atoms with Crippen LogP contribution in [-0.4, -0.2) is 78.4 Å². The minimum absolute atomic E-state index is 0.0115. The van der Waals surface area contributed by atoms with Crippen LogP contribution in [0.2, 0.25) is 0 Å². The molecule has 34 heavy (non-hydrogen) atoms. The van der Waals surface area contributed by atoms with Gasteiger partial charge in [0.25, 0.3) is 5.91 Å². The Morgan fingerprint density at radius 2 is 2.12 bits per heavy atom. The number of carboxylic acids is 1. The maximum atomic E-state index is 12.7. The molecule has 2 aromatic rings. The Balaban J connectivity index is 1.21. The van der Waals surface area contributed by atoms with Gasteiger partial charge in [0.05, 0.1) is 18.3 Å². The van der Waals surface area contributed by atoms with Crippen molar-refractivity contribution < 1.29 is 24.2 Å². The molecule has 0 bridgehead atoms. The first-order valence-corrected chi connectivity index (χ1v) is 14.3. The first-order chi connectivity index (χ1) is 16.5. The largest absolute Gasteiger partial charge is 0.477 e. The van der Waals surface area contributed by atoms with Crippen molar-refractivity contribution in [3.63, 3.8) is 0 Å². The van der Waals surface area contributed by atoms with Crippen molar-refractivity contribution in [2.75, 3.05) is 29.8 Å². The van der Waals surface area contributed by atoms with Crippen molar-refractivity contribution in [2.45, 2.75) is 22.2 Å². The van der Waals surface area contributed by atoms with E-state index in [9.17, 15) is 19.5 Å². The van der Waals surface area contributed by atoms with Crippen molar-refractivity contribution in [3.8, 4) is 0 Å². The SMILES string of the molecule is O=C(CSCOCCc1ccccc1)N[C@H]1C(=O)N2C(C(=O)O)=C(CSc3ncns3)CSC12. The Morgan fingerprint density at radius 3 is 2.85 bits per heavy atom. The number of hydrogen-bond acceptors (Lipinski definition) is 10. The molecule has 4 rings (SSSR count). The van der Waals surface area contributed by atoms with E-state index < -0.39 is 23.3 Å². The van der Waals surface area contributed by atoms with Gasteiger partial charge in [-0.1, -0.05) is 42.1 Å². The summed E-state index contributed by atoms with van der Waals surface area (Å²) in [4.78, 5) is 42.3. The van der Waals surface area contributed by atoms with E-state index in [1.165, 1.54) is 63.6 Å². The first kappa shape index (κ1) is 25.0. The number of ether oxygens (including phenoxy) is 1. The lowest BCUT2D eigenvalue weighted by molar-refractivity contribution is -0.150. The van der Waals surface area contributed by atoms with E-state index in [-0.39, 0.29) is 17.4 Å². The molecular formula is C21H22N4O5S4. The molecule has 0 radical (unpaired) electrons. The number of aliphatic carboxylic acids is 1. The van der Waals surface area contributed by atoms with Crippen LogP contribution in [0.1, 0.15) is 5.56 Å². The highest BCUT2D eigenvalue weighted by Gasteiger charge is 2.54. The second kappa shape index (κ2) is 12.1. The van der Waals surface area contributed by atoms with Gasteiger partial charge in [0, 0.05) is 11.5 Å². The molecule has 0 spiro atoms. The van der Waals surface area contributed by atoms with E-state index >= 15 is 0 Å².